The quantitative estimate of drug-likeness (QED) is 0.891. The number of aliphatic hydroxyl groups excluding tert-OH is 1. The molecule has 1 aromatic carbocycles. The molecule has 0 unspecified atom stereocenters. The lowest BCUT2D eigenvalue weighted by atomic mass is 9.77. The van der Waals surface area contributed by atoms with Crippen LogP contribution in [0.15, 0.2) is 30.3 Å². The van der Waals surface area contributed by atoms with Gasteiger partial charge in [0.1, 0.15) is 6.23 Å². The second-order valence-corrected chi connectivity index (χ2v) is 8.27. The normalized spacial score (nSPS) is 40.8. The Hall–Kier alpha value is -0.510. The van der Waals surface area contributed by atoms with Crippen molar-refractivity contribution in [2.75, 3.05) is 6.26 Å². The zero-order valence-corrected chi connectivity index (χ0v) is 14.1. The van der Waals surface area contributed by atoms with Crippen LogP contribution in [0.2, 0.25) is 0 Å². The standard InChI is InChI=1S/C18H27NOS/c1-13-9-10-16(14-7-5-4-6-8-14)19-15(13)11-12-18(2,21-3)17(19)20/h4-8,13,15-17,20H,9-12H2,1-3H3/t13-,15+,16+,17-,18+/m0/s1. The lowest BCUT2D eigenvalue weighted by molar-refractivity contribution is -0.132. The Morgan fingerprint density at radius 2 is 1.90 bits per heavy atom. The van der Waals surface area contributed by atoms with Gasteiger partial charge in [-0.05, 0) is 50.3 Å². The van der Waals surface area contributed by atoms with E-state index < -0.39 is 0 Å². The monoisotopic (exact) mass is 305 g/mol. The third-order valence-electron chi connectivity index (χ3n) is 5.71. The number of aliphatic hydroxyl groups is 1. The molecule has 0 aliphatic carbocycles. The molecule has 1 N–H and O–H groups in total. The van der Waals surface area contributed by atoms with Crippen LogP contribution in [0, 0.1) is 5.92 Å². The third kappa shape index (κ3) is 2.64. The molecule has 3 rings (SSSR count). The van der Waals surface area contributed by atoms with Gasteiger partial charge in [0.05, 0.1) is 4.75 Å². The van der Waals surface area contributed by atoms with Crippen molar-refractivity contribution in [1.29, 1.82) is 0 Å². The van der Waals surface area contributed by atoms with Crippen LogP contribution in [-0.2, 0) is 0 Å². The van der Waals surface area contributed by atoms with Gasteiger partial charge < -0.3 is 5.11 Å². The van der Waals surface area contributed by atoms with E-state index in [1.807, 2.05) is 11.8 Å². The minimum Gasteiger partial charge on any atom is -0.377 e. The van der Waals surface area contributed by atoms with E-state index in [9.17, 15) is 5.11 Å². The van der Waals surface area contributed by atoms with Crippen molar-refractivity contribution < 1.29 is 5.11 Å². The Kier molecular flexibility index (Phi) is 4.35. The maximum atomic E-state index is 11.1. The molecule has 5 atom stereocenters. The first-order valence-electron chi connectivity index (χ1n) is 8.12. The highest BCUT2D eigenvalue weighted by Gasteiger charge is 2.49. The lowest BCUT2D eigenvalue weighted by Gasteiger charge is -2.56. The number of hydrogen-bond donors (Lipinski definition) is 1. The molecule has 1 aromatic rings. The van der Waals surface area contributed by atoms with Crippen molar-refractivity contribution in [3.63, 3.8) is 0 Å². The topological polar surface area (TPSA) is 23.5 Å². The van der Waals surface area contributed by atoms with Crippen LogP contribution in [0.5, 0.6) is 0 Å². The van der Waals surface area contributed by atoms with Crippen LogP contribution in [-0.4, -0.2) is 33.3 Å². The summed E-state index contributed by atoms with van der Waals surface area (Å²) in [6.07, 6.45) is 6.53. The second kappa shape index (κ2) is 5.94. The number of fused-ring (bicyclic) bond motifs is 1. The van der Waals surface area contributed by atoms with Crippen LogP contribution < -0.4 is 0 Å². The molecular formula is C18H27NOS. The highest BCUT2D eigenvalue weighted by molar-refractivity contribution is 8.00. The zero-order chi connectivity index (χ0) is 15.0. The second-order valence-electron chi connectivity index (χ2n) is 6.92. The van der Waals surface area contributed by atoms with Crippen molar-refractivity contribution >= 4 is 11.8 Å². The highest BCUT2D eigenvalue weighted by atomic mass is 32.2. The van der Waals surface area contributed by atoms with Gasteiger partial charge in [-0.3, -0.25) is 4.90 Å². The third-order valence-corrected chi connectivity index (χ3v) is 7.06. The molecule has 2 heterocycles. The molecular weight excluding hydrogens is 278 g/mol. The molecule has 0 radical (unpaired) electrons. The minimum absolute atomic E-state index is 0.0411. The summed E-state index contributed by atoms with van der Waals surface area (Å²) in [5.41, 5.74) is 1.36. The summed E-state index contributed by atoms with van der Waals surface area (Å²) in [7, 11) is 0. The number of piperidine rings is 2. The Bertz CT molecular complexity index is 479. The summed E-state index contributed by atoms with van der Waals surface area (Å²) in [6.45, 7) is 4.58. The maximum Gasteiger partial charge on any atom is 0.122 e. The van der Waals surface area contributed by atoms with Gasteiger partial charge in [0.25, 0.3) is 0 Å². The minimum atomic E-state index is -0.348. The Morgan fingerprint density at radius 3 is 2.57 bits per heavy atom. The fourth-order valence-electron chi connectivity index (χ4n) is 4.17. The zero-order valence-electron chi connectivity index (χ0n) is 13.3. The van der Waals surface area contributed by atoms with Crippen molar-refractivity contribution in [1.82, 2.24) is 4.90 Å². The van der Waals surface area contributed by atoms with E-state index in [0.29, 0.717) is 18.0 Å². The smallest absolute Gasteiger partial charge is 0.122 e. The first kappa shape index (κ1) is 15.4. The van der Waals surface area contributed by atoms with Crippen molar-refractivity contribution in [3.05, 3.63) is 35.9 Å². The van der Waals surface area contributed by atoms with Gasteiger partial charge in [-0.2, -0.15) is 11.8 Å². The fraction of sp³-hybridized carbons (Fsp3) is 0.667. The van der Waals surface area contributed by atoms with Crippen LogP contribution in [0.1, 0.15) is 51.1 Å². The Labute approximate surface area is 132 Å². The van der Waals surface area contributed by atoms with Gasteiger partial charge in [-0.1, -0.05) is 37.3 Å². The van der Waals surface area contributed by atoms with Gasteiger partial charge in [-0.15, -0.1) is 0 Å². The first-order valence-corrected chi connectivity index (χ1v) is 9.35. The van der Waals surface area contributed by atoms with E-state index >= 15 is 0 Å². The summed E-state index contributed by atoms with van der Waals surface area (Å²) in [4.78, 5) is 2.43. The average Bonchev–Trinajstić information content (AvgIpc) is 2.52. The molecule has 0 amide bonds. The van der Waals surface area contributed by atoms with Crippen LogP contribution in [0.3, 0.4) is 0 Å². The SMILES string of the molecule is CS[C@]1(C)CC[C@@H]2[C@@H](C)CC[C@H](c3ccccc3)N2[C@H]1O. The van der Waals surface area contributed by atoms with Crippen molar-refractivity contribution in [2.45, 2.75) is 62.6 Å². The number of nitrogens with zero attached hydrogens (tertiary/aromatic N) is 1. The molecule has 2 saturated heterocycles. The molecule has 116 valence electrons. The molecule has 2 fully saturated rings. The van der Waals surface area contributed by atoms with Gasteiger partial charge in [0.15, 0.2) is 0 Å². The van der Waals surface area contributed by atoms with E-state index in [2.05, 4.69) is 55.3 Å². The van der Waals surface area contributed by atoms with Crippen LogP contribution in [0.25, 0.3) is 0 Å². The Balaban J connectivity index is 1.95. The summed E-state index contributed by atoms with van der Waals surface area (Å²) in [6, 6.07) is 11.6. The molecule has 0 saturated carbocycles. The van der Waals surface area contributed by atoms with Gasteiger partial charge in [0, 0.05) is 12.1 Å². The first-order chi connectivity index (χ1) is 10.1. The highest BCUT2D eigenvalue weighted by Crippen LogP contribution is 2.48. The molecule has 2 aliphatic rings. The maximum absolute atomic E-state index is 11.1. The molecule has 0 bridgehead atoms. The summed E-state index contributed by atoms with van der Waals surface area (Å²) in [5, 5.41) is 11.1. The van der Waals surface area contributed by atoms with E-state index in [1.54, 1.807) is 0 Å². The predicted molar refractivity (Wildman–Crippen MR) is 90.4 cm³/mol. The predicted octanol–water partition coefficient (Wildman–Crippen LogP) is 4.06. The van der Waals surface area contributed by atoms with Gasteiger partial charge in [-0.25, -0.2) is 0 Å². The summed E-state index contributed by atoms with van der Waals surface area (Å²) >= 11 is 1.82. The van der Waals surface area contributed by atoms with E-state index in [-0.39, 0.29) is 11.0 Å². The number of rotatable bonds is 2. The number of benzene rings is 1. The summed E-state index contributed by atoms with van der Waals surface area (Å²) in [5.74, 6) is 0.686. The number of hydrogen-bond acceptors (Lipinski definition) is 3. The van der Waals surface area contributed by atoms with E-state index in [4.69, 9.17) is 0 Å². The Morgan fingerprint density at radius 1 is 1.19 bits per heavy atom. The molecule has 3 heteroatoms. The molecule has 2 aliphatic heterocycles. The fourth-order valence-corrected chi connectivity index (χ4v) is 4.83. The molecule has 0 spiro atoms. The van der Waals surface area contributed by atoms with E-state index in [1.165, 1.54) is 18.4 Å². The van der Waals surface area contributed by atoms with Crippen molar-refractivity contribution in [3.8, 4) is 0 Å². The van der Waals surface area contributed by atoms with Crippen LogP contribution >= 0.6 is 11.8 Å². The molecule has 0 aromatic heterocycles. The van der Waals surface area contributed by atoms with E-state index in [0.717, 1.165) is 12.8 Å². The largest absolute Gasteiger partial charge is 0.377 e. The van der Waals surface area contributed by atoms with Gasteiger partial charge in [0.2, 0.25) is 0 Å². The van der Waals surface area contributed by atoms with Crippen LogP contribution in [0.4, 0.5) is 0 Å². The molecule has 2 nitrogen and oxygen atoms in total. The summed E-state index contributed by atoms with van der Waals surface area (Å²) < 4.78 is -0.0411. The lowest BCUT2D eigenvalue weighted by Crippen LogP contribution is -2.61. The van der Waals surface area contributed by atoms with Crippen molar-refractivity contribution in [2.24, 2.45) is 5.92 Å². The average molecular weight is 305 g/mol. The molecule has 21 heavy (non-hydrogen) atoms. The van der Waals surface area contributed by atoms with Gasteiger partial charge >= 0.3 is 0 Å². The number of thioether (sulfide) groups is 1.